The molecule has 1 heterocycles. The standard InChI is InChI=1S/C12H11N3O3S/c16-11(15-12-13-7-8-14-12)6-9-19(17,18)10-4-2-1-3-5-10/h1-9H,(H2,13,14,15,16). The first-order valence-electron chi connectivity index (χ1n) is 5.36. The smallest absolute Gasteiger partial charge is 0.251 e. The van der Waals surface area contributed by atoms with Gasteiger partial charge >= 0.3 is 0 Å². The van der Waals surface area contributed by atoms with E-state index in [-0.39, 0.29) is 10.8 Å². The van der Waals surface area contributed by atoms with E-state index in [1.54, 1.807) is 24.4 Å². The van der Waals surface area contributed by atoms with E-state index in [9.17, 15) is 13.2 Å². The summed E-state index contributed by atoms with van der Waals surface area (Å²) in [5, 5.41) is 3.25. The number of aromatic nitrogens is 2. The molecule has 1 amide bonds. The number of amides is 1. The van der Waals surface area contributed by atoms with Crippen molar-refractivity contribution in [1.82, 2.24) is 9.97 Å². The highest BCUT2D eigenvalue weighted by molar-refractivity contribution is 7.94. The third kappa shape index (κ3) is 3.52. The average Bonchev–Trinajstić information content (AvgIpc) is 2.90. The predicted octanol–water partition coefficient (Wildman–Crippen LogP) is 1.34. The summed E-state index contributed by atoms with van der Waals surface area (Å²) in [6, 6.07) is 7.87. The van der Waals surface area contributed by atoms with E-state index in [1.807, 2.05) is 0 Å². The first-order valence-corrected chi connectivity index (χ1v) is 6.91. The highest BCUT2D eigenvalue weighted by Gasteiger charge is 2.10. The lowest BCUT2D eigenvalue weighted by molar-refractivity contribution is -0.111. The Balaban J connectivity index is 2.08. The Hall–Kier alpha value is -2.41. The van der Waals surface area contributed by atoms with Crippen molar-refractivity contribution >= 4 is 21.7 Å². The number of rotatable bonds is 4. The molecule has 0 aliphatic rings. The lowest BCUT2D eigenvalue weighted by Gasteiger charge is -1.98. The fourth-order valence-electron chi connectivity index (χ4n) is 1.33. The van der Waals surface area contributed by atoms with Crippen LogP contribution in [0.1, 0.15) is 0 Å². The van der Waals surface area contributed by atoms with Gasteiger partial charge < -0.3 is 4.98 Å². The number of benzene rings is 1. The average molecular weight is 277 g/mol. The lowest BCUT2D eigenvalue weighted by Crippen LogP contribution is -2.10. The summed E-state index contributed by atoms with van der Waals surface area (Å²) in [5.41, 5.74) is 0. The molecule has 0 atom stereocenters. The van der Waals surface area contributed by atoms with Crippen molar-refractivity contribution in [2.45, 2.75) is 4.90 Å². The molecule has 0 aliphatic heterocycles. The number of anilines is 1. The minimum Gasteiger partial charge on any atom is -0.331 e. The summed E-state index contributed by atoms with van der Waals surface area (Å²) in [4.78, 5) is 18.1. The van der Waals surface area contributed by atoms with E-state index in [0.29, 0.717) is 0 Å². The van der Waals surface area contributed by atoms with Crippen molar-refractivity contribution in [3.63, 3.8) is 0 Å². The second kappa shape index (κ2) is 5.49. The number of hydrogen-bond acceptors (Lipinski definition) is 4. The fraction of sp³-hybridized carbons (Fsp3) is 0. The van der Waals surface area contributed by atoms with Crippen LogP contribution in [0, 0.1) is 0 Å². The number of aromatic amines is 1. The van der Waals surface area contributed by atoms with Gasteiger partial charge in [0.1, 0.15) is 0 Å². The molecule has 1 aromatic heterocycles. The molecule has 19 heavy (non-hydrogen) atoms. The van der Waals surface area contributed by atoms with E-state index in [0.717, 1.165) is 11.5 Å². The monoisotopic (exact) mass is 277 g/mol. The van der Waals surface area contributed by atoms with Crippen LogP contribution in [0.3, 0.4) is 0 Å². The quantitative estimate of drug-likeness (QED) is 0.825. The molecular formula is C12H11N3O3S. The Bertz CT molecular complexity index is 676. The van der Waals surface area contributed by atoms with Gasteiger partial charge in [0.05, 0.1) is 4.90 Å². The molecule has 0 unspecified atom stereocenters. The van der Waals surface area contributed by atoms with Crippen LogP contribution in [-0.4, -0.2) is 24.3 Å². The van der Waals surface area contributed by atoms with Gasteiger partial charge in [0.15, 0.2) is 9.84 Å². The lowest BCUT2D eigenvalue weighted by atomic mass is 10.4. The van der Waals surface area contributed by atoms with Crippen LogP contribution in [0.15, 0.2) is 59.1 Å². The number of H-pyrrole nitrogens is 1. The van der Waals surface area contributed by atoms with Gasteiger partial charge in [-0.15, -0.1) is 0 Å². The largest absolute Gasteiger partial charge is 0.331 e. The van der Waals surface area contributed by atoms with Crippen molar-refractivity contribution in [2.24, 2.45) is 0 Å². The Morgan fingerprint density at radius 3 is 2.63 bits per heavy atom. The van der Waals surface area contributed by atoms with Crippen LogP contribution in [-0.2, 0) is 14.6 Å². The van der Waals surface area contributed by atoms with E-state index < -0.39 is 15.7 Å². The number of sulfone groups is 1. The molecule has 0 fully saturated rings. The molecule has 7 heteroatoms. The Morgan fingerprint density at radius 1 is 1.26 bits per heavy atom. The van der Waals surface area contributed by atoms with Gasteiger partial charge in [-0.3, -0.25) is 10.1 Å². The second-order valence-electron chi connectivity index (χ2n) is 3.59. The molecule has 6 nitrogen and oxygen atoms in total. The number of hydrogen-bond donors (Lipinski definition) is 2. The molecule has 0 spiro atoms. The Morgan fingerprint density at radius 2 is 2.00 bits per heavy atom. The highest BCUT2D eigenvalue weighted by Crippen LogP contribution is 2.11. The van der Waals surface area contributed by atoms with Crippen LogP contribution in [0.4, 0.5) is 5.95 Å². The third-order valence-corrected chi connectivity index (χ3v) is 3.63. The van der Waals surface area contributed by atoms with Crippen LogP contribution < -0.4 is 5.32 Å². The molecule has 2 aromatic rings. The SMILES string of the molecule is O=C(C=CS(=O)(=O)c1ccccc1)Nc1ncc[nH]1. The van der Waals surface area contributed by atoms with Crippen LogP contribution in [0.5, 0.6) is 0 Å². The number of imidazole rings is 1. The topological polar surface area (TPSA) is 91.9 Å². The van der Waals surface area contributed by atoms with Gasteiger partial charge in [0.2, 0.25) is 5.95 Å². The second-order valence-corrected chi connectivity index (χ2v) is 5.42. The Kier molecular flexibility index (Phi) is 3.76. The van der Waals surface area contributed by atoms with Crippen molar-refractivity contribution < 1.29 is 13.2 Å². The van der Waals surface area contributed by atoms with Gasteiger partial charge in [-0.1, -0.05) is 18.2 Å². The van der Waals surface area contributed by atoms with Crippen molar-refractivity contribution in [3.8, 4) is 0 Å². The predicted molar refractivity (Wildman–Crippen MR) is 70.0 cm³/mol. The number of nitrogens with zero attached hydrogens (tertiary/aromatic N) is 1. The molecular weight excluding hydrogens is 266 g/mol. The zero-order valence-electron chi connectivity index (χ0n) is 9.78. The van der Waals surface area contributed by atoms with Gasteiger partial charge in [-0.25, -0.2) is 13.4 Å². The van der Waals surface area contributed by atoms with Gasteiger partial charge in [0.25, 0.3) is 5.91 Å². The van der Waals surface area contributed by atoms with E-state index >= 15 is 0 Å². The summed E-state index contributed by atoms with van der Waals surface area (Å²) >= 11 is 0. The van der Waals surface area contributed by atoms with Gasteiger partial charge in [-0.05, 0) is 12.1 Å². The summed E-state index contributed by atoms with van der Waals surface area (Å²) in [6.07, 6.45) is 3.96. The first kappa shape index (κ1) is 13.0. The third-order valence-electron chi connectivity index (χ3n) is 2.21. The van der Waals surface area contributed by atoms with E-state index in [4.69, 9.17) is 0 Å². The molecule has 2 rings (SSSR count). The van der Waals surface area contributed by atoms with Gasteiger partial charge in [-0.2, -0.15) is 0 Å². The van der Waals surface area contributed by atoms with Gasteiger partial charge in [0, 0.05) is 23.9 Å². The van der Waals surface area contributed by atoms with Crippen LogP contribution in [0.25, 0.3) is 0 Å². The number of nitrogens with one attached hydrogen (secondary N) is 2. The molecule has 1 aromatic carbocycles. The normalized spacial score (nSPS) is 11.6. The summed E-state index contributed by atoms with van der Waals surface area (Å²) in [6.45, 7) is 0. The molecule has 0 saturated carbocycles. The van der Waals surface area contributed by atoms with Crippen molar-refractivity contribution in [3.05, 3.63) is 54.2 Å². The minimum atomic E-state index is -3.61. The fourth-order valence-corrected chi connectivity index (χ4v) is 2.33. The van der Waals surface area contributed by atoms with Crippen LogP contribution >= 0.6 is 0 Å². The molecule has 2 N–H and O–H groups in total. The summed E-state index contributed by atoms with van der Waals surface area (Å²) in [5.74, 6) is -0.318. The maximum atomic E-state index is 11.8. The zero-order valence-corrected chi connectivity index (χ0v) is 10.6. The maximum absolute atomic E-state index is 11.8. The molecule has 98 valence electrons. The summed E-state index contributed by atoms with van der Waals surface area (Å²) in [7, 11) is -3.61. The molecule has 0 bridgehead atoms. The molecule has 0 aliphatic carbocycles. The van der Waals surface area contributed by atoms with Crippen molar-refractivity contribution in [1.29, 1.82) is 0 Å². The van der Waals surface area contributed by atoms with E-state index in [2.05, 4.69) is 15.3 Å². The highest BCUT2D eigenvalue weighted by atomic mass is 32.2. The summed E-state index contributed by atoms with van der Waals surface area (Å²) < 4.78 is 23.7. The van der Waals surface area contributed by atoms with Crippen molar-refractivity contribution in [2.75, 3.05) is 5.32 Å². The molecule has 0 radical (unpaired) electrons. The minimum absolute atomic E-state index is 0.136. The zero-order chi connectivity index (χ0) is 13.7. The first-order chi connectivity index (χ1) is 9.08. The van der Waals surface area contributed by atoms with E-state index in [1.165, 1.54) is 18.3 Å². The number of carbonyl (C=O) groups is 1. The Labute approximate surface area is 110 Å². The maximum Gasteiger partial charge on any atom is 0.251 e. The molecule has 0 saturated heterocycles. The number of carbonyl (C=O) groups excluding carboxylic acids is 1. The van der Waals surface area contributed by atoms with Crippen LogP contribution in [0.2, 0.25) is 0 Å².